The number of pyridine rings is 1. The van der Waals surface area contributed by atoms with Crippen molar-refractivity contribution in [2.24, 2.45) is 0 Å². The lowest BCUT2D eigenvalue weighted by atomic mass is 10.1. The Kier molecular flexibility index (Phi) is 6.88. The average Bonchev–Trinajstić information content (AvgIpc) is 2.72. The zero-order chi connectivity index (χ0) is 26.4. The lowest BCUT2D eigenvalue weighted by Crippen LogP contribution is -2.38. The fourth-order valence-electron chi connectivity index (χ4n) is 3.31. The molecule has 0 amide bonds. The molecule has 0 radical (unpaired) electrons. The van der Waals surface area contributed by atoms with Crippen molar-refractivity contribution in [2.75, 3.05) is 0 Å². The maximum Gasteiger partial charge on any atom is 0.417 e. The van der Waals surface area contributed by atoms with Crippen LogP contribution in [0.4, 0.5) is 52.7 Å². The number of alkyl halides is 12. The van der Waals surface area contributed by atoms with Crippen molar-refractivity contribution in [3.05, 3.63) is 83.0 Å². The van der Waals surface area contributed by atoms with Crippen molar-refractivity contribution in [2.45, 2.75) is 24.7 Å². The summed E-state index contributed by atoms with van der Waals surface area (Å²) in [7, 11) is -3.78. The second-order valence-electron chi connectivity index (χ2n) is 6.92. The normalized spacial score (nSPS) is 13.4. The van der Waals surface area contributed by atoms with Gasteiger partial charge in [0.05, 0.1) is 27.7 Å². The Hall–Kier alpha value is -2.82. The van der Waals surface area contributed by atoms with Crippen molar-refractivity contribution in [1.29, 1.82) is 0 Å². The van der Waals surface area contributed by atoms with Gasteiger partial charge in [0.25, 0.3) is 0 Å². The van der Waals surface area contributed by atoms with Crippen molar-refractivity contribution in [3.8, 4) is 0 Å². The summed E-state index contributed by atoms with van der Waals surface area (Å²) in [5.41, 5.74) is -8.89. The number of nitrogens with zero attached hydrogens (tertiary/aromatic N) is 1. The van der Waals surface area contributed by atoms with Gasteiger partial charge in [-0.1, -0.05) is 18.2 Å². The van der Waals surface area contributed by atoms with Crippen molar-refractivity contribution in [1.82, 2.24) is 4.98 Å². The van der Waals surface area contributed by atoms with Gasteiger partial charge in [-0.3, -0.25) is 4.98 Å². The Morgan fingerprint density at radius 2 is 0.800 bits per heavy atom. The first kappa shape index (κ1) is 26.8. The van der Waals surface area contributed by atoms with Crippen LogP contribution in [0.15, 0.2) is 60.8 Å². The van der Waals surface area contributed by atoms with E-state index in [-0.39, 0.29) is 24.3 Å². The van der Waals surface area contributed by atoms with Gasteiger partial charge in [0.2, 0.25) is 0 Å². The molecule has 1 nitrogen and oxygen atoms in total. The summed E-state index contributed by atoms with van der Waals surface area (Å²) in [6.07, 6.45) is -21.3. The van der Waals surface area contributed by atoms with E-state index in [1.165, 1.54) is 0 Å². The van der Waals surface area contributed by atoms with Gasteiger partial charge in [-0.15, -0.1) is 0 Å². The molecule has 0 N–H and O–H groups in total. The van der Waals surface area contributed by atoms with Gasteiger partial charge in [0.1, 0.15) is 0 Å². The first-order valence-electron chi connectivity index (χ1n) is 9.20. The quantitative estimate of drug-likeness (QED) is 0.262. The topological polar surface area (TPSA) is 12.9 Å². The summed E-state index contributed by atoms with van der Waals surface area (Å²) in [5, 5.41) is -3.52. The minimum atomic E-state index is -5.54. The highest BCUT2D eigenvalue weighted by Gasteiger charge is 2.48. The van der Waals surface area contributed by atoms with Crippen LogP contribution in [0.5, 0.6) is 0 Å². The first-order chi connectivity index (χ1) is 15.9. The number of rotatable bonds is 3. The third kappa shape index (κ3) is 5.55. The lowest BCUT2D eigenvalue weighted by Gasteiger charge is -2.29. The van der Waals surface area contributed by atoms with Crippen LogP contribution in [-0.4, -0.2) is 4.98 Å². The molecule has 14 heteroatoms. The van der Waals surface area contributed by atoms with E-state index in [0.717, 1.165) is 24.4 Å². The second kappa shape index (κ2) is 9.00. The van der Waals surface area contributed by atoms with E-state index in [0.29, 0.717) is 12.1 Å². The van der Waals surface area contributed by atoms with Gasteiger partial charge in [0, 0.05) is 24.7 Å². The number of hydrogen-bond acceptors (Lipinski definition) is 1. The van der Waals surface area contributed by atoms with Gasteiger partial charge in [-0.25, -0.2) is 0 Å². The maximum absolute atomic E-state index is 13.9. The molecule has 0 aliphatic rings. The maximum atomic E-state index is 13.9. The molecule has 0 aliphatic heterocycles. The molecule has 0 aliphatic carbocycles. The molecule has 3 rings (SSSR count). The molecule has 0 fully saturated rings. The van der Waals surface area contributed by atoms with Crippen molar-refractivity contribution in [3.63, 3.8) is 0 Å². The second-order valence-corrected chi connectivity index (χ2v) is 8.94. The third-order valence-corrected chi connectivity index (χ3v) is 7.20. The number of halogens is 12. The minimum absolute atomic E-state index is 0.173. The third-order valence-electron chi connectivity index (χ3n) is 4.62. The highest BCUT2D eigenvalue weighted by Crippen LogP contribution is 2.48. The fraction of sp³-hybridized carbons (Fsp3) is 0.190. The summed E-state index contributed by atoms with van der Waals surface area (Å²) in [4.78, 5) is 3.58. The summed E-state index contributed by atoms with van der Waals surface area (Å²) in [5.74, 6) is 0. The van der Waals surface area contributed by atoms with Crippen LogP contribution in [-0.2, 0) is 24.7 Å². The van der Waals surface area contributed by atoms with E-state index in [2.05, 4.69) is 4.98 Å². The van der Waals surface area contributed by atoms with E-state index in [1.54, 1.807) is 0 Å². The molecule has 3 aromatic rings. The Labute approximate surface area is 190 Å². The molecule has 188 valence electrons. The minimum Gasteiger partial charge on any atom is -0.256 e. The van der Waals surface area contributed by atoms with Crippen LogP contribution in [0.1, 0.15) is 22.3 Å². The van der Waals surface area contributed by atoms with Crippen molar-refractivity contribution < 1.29 is 52.7 Å². The summed E-state index contributed by atoms with van der Waals surface area (Å²) in [6, 6.07) is 4.41. The van der Waals surface area contributed by atoms with Crippen LogP contribution < -0.4 is 16.0 Å². The molecule has 2 aromatic carbocycles. The van der Waals surface area contributed by atoms with Crippen LogP contribution in [0.2, 0.25) is 0 Å². The molecular formula is C21H10F12NP. The Morgan fingerprint density at radius 3 is 1.06 bits per heavy atom. The van der Waals surface area contributed by atoms with E-state index >= 15 is 0 Å². The number of benzene rings is 2. The standard InChI is InChI=1S/C21H10F12NP/c22-18(23,24)11-5-3-6-12(19(25,26)27)16(11)35(15-9-1-2-10-34-15)17-13(20(28,29)30)7-4-8-14(17)21(31,32)33/h1-10H. The van der Waals surface area contributed by atoms with Gasteiger partial charge in [-0.2, -0.15) is 52.7 Å². The van der Waals surface area contributed by atoms with Crippen LogP contribution in [0.3, 0.4) is 0 Å². The highest BCUT2D eigenvalue weighted by atomic mass is 31.1. The summed E-state index contributed by atoms with van der Waals surface area (Å²) >= 11 is 0. The van der Waals surface area contributed by atoms with E-state index in [1.807, 2.05) is 0 Å². The molecule has 0 spiro atoms. The van der Waals surface area contributed by atoms with Gasteiger partial charge < -0.3 is 0 Å². The zero-order valence-electron chi connectivity index (χ0n) is 16.7. The molecule has 0 saturated carbocycles. The lowest BCUT2D eigenvalue weighted by molar-refractivity contribution is -0.142. The molecule has 0 atom stereocenters. The molecule has 0 unspecified atom stereocenters. The molecular weight excluding hydrogens is 525 g/mol. The van der Waals surface area contributed by atoms with Gasteiger partial charge >= 0.3 is 24.7 Å². The van der Waals surface area contributed by atoms with E-state index in [9.17, 15) is 52.7 Å². The zero-order valence-corrected chi connectivity index (χ0v) is 17.6. The summed E-state index contributed by atoms with van der Waals surface area (Å²) in [6.45, 7) is 0. The van der Waals surface area contributed by atoms with Crippen LogP contribution in [0.25, 0.3) is 0 Å². The predicted octanol–water partition coefficient (Wildman–Crippen LogP) is 6.92. The fourth-order valence-corrected chi connectivity index (χ4v) is 6.18. The molecule has 1 heterocycles. The molecule has 35 heavy (non-hydrogen) atoms. The average molecular weight is 535 g/mol. The van der Waals surface area contributed by atoms with Crippen LogP contribution >= 0.6 is 7.92 Å². The van der Waals surface area contributed by atoms with Crippen LogP contribution in [0, 0.1) is 0 Å². The van der Waals surface area contributed by atoms with Gasteiger partial charge in [0.15, 0.2) is 0 Å². The highest BCUT2D eigenvalue weighted by molar-refractivity contribution is 7.80. The largest absolute Gasteiger partial charge is 0.417 e. The van der Waals surface area contributed by atoms with Crippen molar-refractivity contribution >= 4 is 24.0 Å². The monoisotopic (exact) mass is 535 g/mol. The predicted molar refractivity (Wildman–Crippen MR) is 103 cm³/mol. The van der Waals surface area contributed by atoms with E-state index < -0.39 is 70.9 Å². The Balaban J connectivity index is 2.63. The molecule has 0 saturated heterocycles. The smallest absolute Gasteiger partial charge is 0.256 e. The molecule has 0 bridgehead atoms. The number of aromatic nitrogens is 1. The summed E-state index contributed by atoms with van der Waals surface area (Å²) < 4.78 is 166. The first-order valence-corrected chi connectivity index (χ1v) is 10.5. The number of hydrogen-bond donors (Lipinski definition) is 0. The molecule has 1 aromatic heterocycles. The van der Waals surface area contributed by atoms with E-state index in [4.69, 9.17) is 0 Å². The SMILES string of the molecule is FC(F)(F)c1cccc(C(F)(F)F)c1P(c1ccccn1)c1c(C(F)(F)F)cccc1C(F)(F)F. The van der Waals surface area contributed by atoms with Gasteiger partial charge in [-0.05, 0) is 36.4 Å². The Morgan fingerprint density at radius 1 is 0.457 bits per heavy atom. The Bertz CT molecular complexity index is 1050.